The summed E-state index contributed by atoms with van der Waals surface area (Å²) in [4.78, 5) is 50.2. The molecule has 54 heavy (non-hydrogen) atoms. The van der Waals surface area contributed by atoms with Crippen molar-refractivity contribution in [2.75, 3.05) is 53.3 Å². The molecule has 3 aliphatic rings. The van der Waals surface area contributed by atoms with Crippen molar-refractivity contribution < 1.29 is 27.9 Å². The van der Waals surface area contributed by atoms with E-state index in [0.717, 1.165) is 78.5 Å². The molecule has 2 N–H and O–H groups in total. The molecule has 274 valence electrons. The average Bonchev–Trinajstić information content (AvgIpc) is 3.58. The monoisotopic (exact) mass is 745 g/mol. The Hall–Kier alpha value is -5.72. The van der Waals surface area contributed by atoms with Crippen LogP contribution in [-0.4, -0.2) is 55.6 Å². The first-order valence-electron chi connectivity index (χ1n) is 17.8. The molecule has 2 fully saturated rings. The highest BCUT2D eigenvalue weighted by molar-refractivity contribution is 7.15. The van der Waals surface area contributed by atoms with Gasteiger partial charge in [-0.05, 0) is 110 Å². The molecule has 0 unspecified atom stereocenters. The summed E-state index contributed by atoms with van der Waals surface area (Å²) in [6.07, 6.45) is 6.32. The van der Waals surface area contributed by atoms with Gasteiger partial charge in [-0.3, -0.25) is 14.4 Å². The highest BCUT2D eigenvalue weighted by Gasteiger charge is 2.45. The molecule has 0 aliphatic carbocycles. The fourth-order valence-electron chi connectivity index (χ4n) is 7.36. The van der Waals surface area contributed by atoms with Crippen molar-refractivity contribution in [3.8, 4) is 0 Å². The molecule has 3 aromatic carbocycles. The largest absolute Gasteiger partial charge is 0.381 e. The number of aryl methyl sites for hydroxylation is 1. The Morgan fingerprint density at radius 3 is 2.37 bits per heavy atom. The van der Waals surface area contributed by atoms with E-state index in [0.29, 0.717) is 40.5 Å². The number of thiophene rings is 1. The number of fused-ring (bicyclic) bond motifs is 1. The van der Waals surface area contributed by atoms with E-state index in [-0.39, 0.29) is 17.2 Å². The quantitative estimate of drug-likeness (QED) is 0.173. The number of amides is 3. The lowest BCUT2D eigenvalue weighted by Crippen LogP contribution is -2.59. The Kier molecular flexibility index (Phi) is 9.55. The van der Waals surface area contributed by atoms with Gasteiger partial charge in [0.05, 0.1) is 16.1 Å². The second-order valence-electron chi connectivity index (χ2n) is 14.0. The lowest BCUT2D eigenvalue weighted by molar-refractivity contribution is -0.000511. The molecule has 3 amide bonds. The lowest BCUT2D eigenvalue weighted by atomic mass is 9.73. The van der Waals surface area contributed by atoms with Gasteiger partial charge in [0.1, 0.15) is 23.1 Å². The number of aromatic nitrogens is 1. The molecular weight excluding hydrogens is 709 g/mol. The number of carbonyl (C=O) groups excluding carboxylic acids is 3. The molecule has 3 aliphatic heterocycles. The highest BCUT2D eigenvalue weighted by Crippen LogP contribution is 2.42. The van der Waals surface area contributed by atoms with Gasteiger partial charge in [-0.2, -0.15) is 0 Å². The van der Waals surface area contributed by atoms with Crippen LogP contribution in [-0.2, 0) is 4.74 Å². The van der Waals surface area contributed by atoms with Gasteiger partial charge in [0.25, 0.3) is 17.7 Å². The van der Waals surface area contributed by atoms with E-state index in [4.69, 9.17) is 4.74 Å². The molecule has 2 aromatic heterocycles. The molecule has 9 nitrogen and oxygen atoms in total. The summed E-state index contributed by atoms with van der Waals surface area (Å²) in [5, 5.41) is 5.34. The van der Waals surface area contributed by atoms with Gasteiger partial charge < -0.3 is 25.2 Å². The molecule has 5 heterocycles. The predicted molar refractivity (Wildman–Crippen MR) is 207 cm³/mol. The number of rotatable bonds is 7. The first kappa shape index (κ1) is 35.3. The highest BCUT2D eigenvalue weighted by atomic mass is 32.1. The molecule has 1 spiro atoms. The van der Waals surface area contributed by atoms with E-state index in [1.54, 1.807) is 47.5 Å². The number of para-hydroxylation sites is 2. The number of anilines is 4. The molecule has 2 saturated heterocycles. The first-order valence-corrected chi connectivity index (χ1v) is 18.7. The number of ether oxygens (including phenoxy) is 1. The number of nitrogens with zero attached hydrogens (tertiary/aromatic N) is 3. The Balaban J connectivity index is 0.949. The summed E-state index contributed by atoms with van der Waals surface area (Å²) in [5.41, 5.74) is 4.66. The SMILES string of the molecule is Cc1cnc(N2CC3(CCOCC3)C2)c(C(=O)Nc2ccc(C(=O)N3CCC(c4ccc(C(=O)Nc5c(F)cccc5F)s4)=Cc4ccccc43)cc2)c1. The minimum atomic E-state index is -0.855. The van der Waals surface area contributed by atoms with Crippen molar-refractivity contribution in [3.05, 3.63) is 135 Å². The van der Waals surface area contributed by atoms with E-state index in [9.17, 15) is 23.2 Å². The Bertz CT molecular complexity index is 2270. The standard InChI is InChI=1S/C42H37F2N5O4S/c1-26-21-31(38(45-23-26)48-24-42(25-48)16-19-53-20-17-42)39(50)46-30-11-9-27(10-12-30)41(52)49-18-15-29(22-28-5-2-3-8-34(28)49)35-13-14-36(54-35)40(51)47-37-32(43)6-4-7-33(37)44/h2-14,21-23H,15-20,24-25H2,1H3,(H,46,50)(H,47,51). The summed E-state index contributed by atoms with van der Waals surface area (Å²) in [5.74, 6) is -2.11. The predicted octanol–water partition coefficient (Wildman–Crippen LogP) is 8.44. The third-order valence-electron chi connectivity index (χ3n) is 10.3. The minimum Gasteiger partial charge on any atom is -0.381 e. The molecule has 0 saturated carbocycles. The molecule has 0 atom stereocenters. The third-order valence-corrected chi connectivity index (χ3v) is 11.5. The van der Waals surface area contributed by atoms with E-state index in [1.807, 2.05) is 43.3 Å². The van der Waals surface area contributed by atoms with Crippen LogP contribution in [0.5, 0.6) is 0 Å². The number of hydrogen-bond acceptors (Lipinski definition) is 7. The normalized spacial score (nSPS) is 16.2. The second kappa shape index (κ2) is 14.6. The van der Waals surface area contributed by atoms with Crippen LogP contribution in [0.1, 0.15) is 65.7 Å². The van der Waals surface area contributed by atoms with E-state index in [2.05, 4.69) is 20.5 Å². The molecule has 12 heteroatoms. The summed E-state index contributed by atoms with van der Waals surface area (Å²) < 4.78 is 33.9. The molecule has 0 radical (unpaired) electrons. The molecular formula is C42H37F2N5O4S. The van der Waals surface area contributed by atoms with Gasteiger partial charge >= 0.3 is 0 Å². The number of halogens is 2. The summed E-state index contributed by atoms with van der Waals surface area (Å²) in [7, 11) is 0. The smallest absolute Gasteiger partial charge is 0.265 e. The van der Waals surface area contributed by atoms with Gasteiger partial charge in [-0.25, -0.2) is 13.8 Å². The Morgan fingerprint density at radius 1 is 0.870 bits per heavy atom. The average molecular weight is 746 g/mol. The maximum absolute atomic E-state index is 14.2. The van der Waals surface area contributed by atoms with Crippen LogP contribution >= 0.6 is 11.3 Å². The fraction of sp³-hybridized carbons (Fsp3) is 0.238. The number of hydrogen-bond donors (Lipinski definition) is 2. The van der Waals surface area contributed by atoms with Crippen LogP contribution in [0.2, 0.25) is 0 Å². The van der Waals surface area contributed by atoms with Crippen LogP contribution in [0, 0.1) is 24.0 Å². The van der Waals surface area contributed by atoms with Crippen LogP contribution in [0.25, 0.3) is 11.6 Å². The minimum absolute atomic E-state index is 0.196. The second-order valence-corrected chi connectivity index (χ2v) is 15.1. The maximum atomic E-state index is 14.2. The van der Waals surface area contributed by atoms with Crippen molar-refractivity contribution in [2.45, 2.75) is 26.2 Å². The molecule has 0 bridgehead atoms. The summed E-state index contributed by atoms with van der Waals surface area (Å²) >= 11 is 1.21. The lowest BCUT2D eigenvalue weighted by Gasteiger charge is -2.53. The zero-order valence-corrected chi connectivity index (χ0v) is 30.3. The number of benzene rings is 3. The van der Waals surface area contributed by atoms with Crippen molar-refractivity contribution in [2.24, 2.45) is 5.41 Å². The van der Waals surface area contributed by atoms with Crippen LogP contribution in [0.3, 0.4) is 0 Å². The zero-order chi connectivity index (χ0) is 37.4. The van der Waals surface area contributed by atoms with Crippen LogP contribution < -0.4 is 20.4 Å². The van der Waals surface area contributed by atoms with Gasteiger partial charge in [0, 0.05) is 60.6 Å². The maximum Gasteiger partial charge on any atom is 0.265 e. The number of nitrogens with one attached hydrogen (secondary N) is 2. The van der Waals surface area contributed by atoms with Crippen molar-refractivity contribution in [3.63, 3.8) is 0 Å². The van der Waals surface area contributed by atoms with Crippen molar-refractivity contribution in [1.82, 2.24) is 4.98 Å². The van der Waals surface area contributed by atoms with Crippen LogP contribution in [0.4, 0.5) is 31.7 Å². The number of carbonyl (C=O) groups is 3. The van der Waals surface area contributed by atoms with Crippen LogP contribution in [0.15, 0.2) is 91.1 Å². The molecule has 5 aromatic rings. The Labute approximate surface area is 315 Å². The van der Waals surface area contributed by atoms with Crippen molar-refractivity contribution >= 4 is 63.6 Å². The Morgan fingerprint density at radius 2 is 1.61 bits per heavy atom. The fourth-order valence-corrected chi connectivity index (χ4v) is 8.31. The zero-order valence-electron chi connectivity index (χ0n) is 29.5. The molecule has 8 rings (SSSR count). The van der Waals surface area contributed by atoms with E-state index in [1.165, 1.54) is 17.4 Å². The van der Waals surface area contributed by atoms with E-state index < -0.39 is 23.2 Å². The van der Waals surface area contributed by atoms with E-state index >= 15 is 0 Å². The number of pyridine rings is 1. The van der Waals surface area contributed by atoms with Gasteiger partial charge in [0.2, 0.25) is 0 Å². The topological polar surface area (TPSA) is 104 Å². The summed E-state index contributed by atoms with van der Waals surface area (Å²) in [6.45, 7) is 5.53. The van der Waals surface area contributed by atoms with Gasteiger partial charge in [0.15, 0.2) is 0 Å². The third kappa shape index (κ3) is 7.02. The van der Waals surface area contributed by atoms with Gasteiger partial charge in [-0.1, -0.05) is 24.3 Å². The van der Waals surface area contributed by atoms with Crippen molar-refractivity contribution in [1.29, 1.82) is 0 Å². The van der Waals surface area contributed by atoms with Gasteiger partial charge in [-0.15, -0.1) is 11.3 Å². The summed E-state index contributed by atoms with van der Waals surface area (Å²) in [6, 6.07) is 23.2. The first-order chi connectivity index (χ1) is 26.2.